The third-order valence-corrected chi connectivity index (χ3v) is 4.84. The van der Waals surface area contributed by atoms with E-state index in [2.05, 4.69) is 33.9 Å². The summed E-state index contributed by atoms with van der Waals surface area (Å²) in [5.41, 5.74) is 3.40. The van der Waals surface area contributed by atoms with Gasteiger partial charge in [0.1, 0.15) is 0 Å². The number of amides is 1. The minimum absolute atomic E-state index is 0.00236. The summed E-state index contributed by atoms with van der Waals surface area (Å²) in [4.78, 5) is 16.3. The lowest BCUT2D eigenvalue weighted by Crippen LogP contribution is -2.37. The van der Waals surface area contributed by atoms with E-state index in [-0.39, 0.29) is 5.91 Å². The number of carbonyl (C=O) groups excluding carboxylic acids is 1. The molecule has 3 N–H and O–H groups in total. The number of nitrogens with one attached hydrogen (secondary N) is 3. The van der Waals surface area contributed by atoms with E-state index in [4.69, 9.17) is 0 Å². The fraction of sp³-hybridized carbons (Fsp3) is 0.545. The van der Waals surface area contributed by atoms with Gasteiger partial charge in [-0.2, -0.15) is 0 Å². The van der Waals surface area contributed by atoms with Crippen LogP contribution in [0.15, 0.2) is 40.9 Å². The van der Waals surface area contributed by atoms with E-state index in [0.717, 1.165) is 43.9 Å². The molecule has 5 nitrogen and oxygen atoms in total. The molecule has 0 heterocycles. The molecule has 1 amide bonds. The van der Waals surface area contributed by atoms with Crippen molar-refractivity contribution in [2.75, 3.05) is 20.1 Å². The van der Waals surface area contributed by atoms with E-state index in [1.54, 1.807) is 12.6 Å². The van der Waals surface area contributed by atoms with Gasteiger partial charge in [0, 0.05) is 32.2 Å². The van der Waals surface area contributed by atoms with Gasteiger partial charge in [0.15, 0.2) is 5.96 Å². The highest BCUT2D eigenvalue weighted by Crippen LogP contribution is 2.19. The topological polar surface area (TPSA) is 65.5 Å². The zero-order valence-electron chi connectivity index (χ0n) is 16.8. The zero-order valence-corrected chi connectivity index (χ0v) is 16.8. The number of nitrogens with zero attached hydrogens (tertiary/aromatic N) is 1. The molecule has 0 aromatic heterocycles. The second-order valence-corrected chi connectivity index (χ2v) is 7.02. The Morgan fingerprint density at radius 1 is 1.07 bits per heavy atom. The molecule has 27 heavy (non-hydrogen) atoms. The lowest BCUT2D eigenvalue weighted by molar-refractivity contribution is 0.0953. The summed E-state index contributed by atoms with van der Waals surface area (Å²) in [6.45, 7) is 4.43. The van der Waals surface area contributed by atoms with Gasteiger partial charge in [0.05, 0.1) is 0 Å². The molecule has 1 aromatic rings. The molecule has 0 atom stereocenters. The molecule has 0 spiro atoms. The summed E-state index contributed by atoms with van der Waals surface area (Å²) < 4.78 is 0. The molecule has 0 saturated heterocycles. The van der Waals surface area contributed by atoms with Gasteiger partial charge in [-0.25, -0.2) is 0 Å². The first-order valence-electron chi connectivity index (χ1n) is 10.2. The van der Waals surface area contributed by atoms with Gasteiger partial charge in [-0.1, -0.05) is 37.1 Å². The molecule has 0 radical (unpaired) electrons. The van der Waals surface area contributed by atoms with Crippen molar-refractivity contribution in [3.8, 4) is 0 Å². The smallest absolute Gasteiger partial charge is 0.251 e. The van der Waals surface area contributed by atoms with Crippen LogP contribution in [0.5, 0.6) is 0 Å². The van der Waals surface area contributed by atoms with Crippen LogP contribution in [-0.4, -0.2) is 32.0 Å². The number of hydrogen-bond acceptors (Lipinski definition) is 2. The van der Waals surface area contributed by atoms with Crippen molar-refractivity contribution in [3.63, 3.8) is 0 Å². The van der Waals surface area contributed by atoms with Crippen LogP contribution < -0.4 is 16.0 Å². The normalized spacial score (nSPS) is 14.4. The number of guanidine groups is 1. The second kappa shape index (κ2) is 12.2. The molecule has 0 unspecified atom stereocenters. The average Bonchev–Trinajstić information content (AvgIpc) is 2.72. The van der Waals surface area contributed by atoms with Crippen LogP contribution in [0.1, 0.15) is 67.8 Å². The predicted molar refractivity (Wildman–Crippen MR) is 113 cm³/mol. The van der Waals surface area contributed by atoms with Crippen molar-refractivity contribution in [3.05, 3.63) is 47.0 Å². The molecule has 1 aliphatic rings. The van der Waals surface area contributed by atoms with Crippen molar-refractivity contribution < 1.29 is 4.79 Å². The molecule has 2 rings (SSSR count). The van der Waals surface area contributed by atoms with Crippen LogP contribution in [0.25, 0.3) is 0 Å². The SMILES string of the molecule is CCCCNC(=O)c1ccc(CNC(=NC)NCCC2=CCCCC2)cc1. The minimum atomic E-state index is -0.00236. The third-order valence-electron chi connectivity index (χ3n) is 4.84. The van der Waals surface area contributed by atoms with Crippen molar-refractivity contribution in [2.24, 2.45) is 4.99 Å². The zero-order chi connectivity index (χ0) is 19.3. The fourth-order valence-corrected chi connectivity index (χ4v) is 3.13. The number of hydrogen-bond donors (Lipinski definition) is 3. The van der Waals surface area contributed by atoms with Gasteiger partial charge in [-0.15, -0.1) is 0 Å². The van der Waals surface area contributed by atoms with Crippen LogP contribution in [0.3, 0.4) is 0 Å². The summed E-state index contributed by atoms with van der Waals surface area (Å²) in [5.74, 6) is 0.810. The summed E-state index contributed by atoms with van der Waals surface area (Å²) in [6.07, 6.45) is 10.7. The van der Waals surface area contributed by atoms with Crippen LogP contribution in [-0.2, 0) is 6.54 Å². The van der Waals surface area contributed by atoms with Crippen LogP contribution in [0, 0.1) is 0 Å². The molecule has 0 aliphatic heterocycles. The largest absolute Gasteiger partial charge is 0.356 e. The second-order valence-electron chi connectivity index (χ2n) is 7.02. The van der Waals surface area contributed by atoms with E-state index in [9.17, 15) is 4.79 Å². The molecule has 0 bridgehead atoms. The first kappa shape index (κ1) is 21.0. The predicted octanol–water partition coefficient (Wildman–Crippen LogP) is 3.77. The number of unbranched alkanes of at least 4 members (excludes halogenated alkanes) is 1. The fourth-order valence-electron chi connectivity index (χ4n) is 3.13. The molecule has 0 saturated carbocycles. The van der Waals surface area contributed by atoms with E-state index < -0.39 is 0 Å². The van der Waals surface area contributed by atoms with Gasteiger partial charge >= 0.3 is 0 Å². The Kier molecular flexibility index (Phi) is 9.45. The highest BCUT2D eigenvalue weighted by molar-refractivity contribution is 5.94. The van der Waals surface area contributed by atoms with Gasteiger partial charge in [-0.3, -0.25) is 9.79 Å². The Bertz CT molecular complexity index is 634. The van der Waals surface area contributed by atoms with E-state index in [1.807, 2.05) is 24.3 Å². The molecule has 5 heteroatoms. The van der Waals surface area contributed by atoms with Gasteiger partial charge < -0.3 is 16.0 Å². The maximum Gasteiger partial charge on any atom is 0.251 e. The van der Waals surface area contributed by atoms with Gasteiger partial charge in [0.2, 0.25) is 0 Å². The van der Waals surface area contributed by atoms with Crippen LogP contribution >= 0.6 is 0 Å². The molecule has 1 aliphatic carbocycles. The minimum Gasteiger partial charge on any atom is -0.356 e. The number of allylic oxidation sites excluding steroid dienone is 1. The molecular weight excluding hydrogens is 336 g/mol. The Hall–Kier alpha value is -2.30. The molecule has 148 valence electrons. The molecule has 0 fully saturated rings. The van der Waals surface area contributed by atoms with E-state index in [1.165, 1.54) is 25.7 Å². The van der Waals surface area contributed by atoms with Gasteiger partial charge in [-0.05, 0) is 56.2 Å². The quantitative estimate of drug-likeness (QED) is 0.268. The summed E-state index contributed by atoms with van der Waals surface area (Å²) in [6, 6.07) is 7.73. The number of rotatable bonds is 9. The molecular formula is C22H34N4O. The Morgan fingerprint density at radius 2 is 1.89 bits per heavy atom. The maximum absolute atomic E-state index is 12.0. The average molecular weight is 371 g/mol. The van der Waals surface area contributed by atoms with Crippen molar-refractivity contribution in [2.45, 2.75) is 58.4 Å². The van der Waals surface area contributed by atoms with Crippen LogP contribution in [0.2, 0.25) is 0 Å². The lowest BCUT2D eigenvalue weighted by atomic mass is 9.97. The number of benzene rings is 1. The number of carbonyl (C=O) groups is 1. The highest BCUT2D eigenvalue weighted by atomic mass is 16.1. The molecule has 1 aromatic carbocycles. The first-order valence-corrected chi connectivity index (χ1v) is 10.2. The standard InChI is InChI=1S/C22H34N4O/c1-3-4-15-24-21(27)20-12-10-19(11-13-20)17-26-22(23-2)25-16-14-18-8-6-5-7-9-18/h8,10-13H,3-7,9,14-17H2,1-2H3,(H,24,27)(H2,23,25,26). The summed E-state index contributed by atoms with van der Waals surface area (Å²) >= 11 is 0. The van der Waals surface area contributed by atoms with Crippen molar-refractivity contribution in [1.29, 1.82) is 0 Å². The number of aliphatic imine (C=N–C) groups is 1. The lowest BCUT2D eigenvalue weighted by Gasteiger charge is -2.15. The van der Waals surface area contributed by atoms with Crippen molar-refractivity contribution in [1.82, 2.24) is 16.0 Å². The Morgan fingerprint density at radius 3 is 2.56 bits per heavy atom. The van der Waals surface area contributed by atoms with E-state index >= 15 is 0 Å². The van der Waals surface area contributed by atoms with Gasteiger partial charge in [0.25, 0.3) is 5.91 Å². The Balaban J connectivity index is 1.72. The first-order chi connectivity index (χ1) is 13.2. The van der Waals surface area contributed by atoms with E-state index in [0.29, 0.717) is 12.1 Å². The summed E-state index contributed by atoms with van der Waals surface area (Å²) in [7, 11) is 1.79. The van der Waals surface area contributed by atoms with Crippen molar-refractivity contribution >= 4 is 11.9 Å². The van der Waals surface area contributed by atoms with Crippen LogP contribution in [0.4, 0.5) is 0 Å². The highest BCUT2D eigenvalue weighted by Gasteiger charge is 2.06. The summed E-state index contributed by atoms with van der Waals surface area (Å²) in [5, 5.41) is 9.65. The third kappa shape index (κ3) is 7.85. The monoisotopic (exact) mass is 370 g/mol. The maximum atomic E-state index is 12.0. The Labute approximate surface area is 163 Å².